The first-order valence-corrected chi connectivity index (χ1v) is 8.21. The molecule has 0 aromatic rings. The second-order valence-electron chi connectivity index (χ2n) is 4.55. The third-order valence-corrected chi connectivity index (χ3v) is 6.06. The number of nitrogens with one attached hydrogen (secondary N) is 1. The first-order valence-electron chi connectivity index (χ1n) is 5.07. The van der Waals surface area contributed by atoms with Crippen LogP contribution < -0.4 is 4.72 Å². The van der Waals surface area contributed by atoms with Crippen LogP contribution in [-0.2, 0) is 10.0 Å². The van der Waals surface area contributed by atoms with Crippen LogP contribution in [0.15, 0.2) is 0 Å². The van der Waals surface area contributed by atoms with E-state index in [1.807, 2.05) is 0 Å². The molecule has 0 aromatic carbocycles. The highest BCUT2D eigenvalue weighted by Crippen LogP contribution is 2.51. The Labute approximate surface area is 99.2 Å². The lowest BCUT2D eigenvalue weighted by Crippen LogP contribution is -2.66. The molecule has 0 aliphatic heterocycles. The summed E-state index contributed by atoms with van der Waals surface area (Å²) in [5.41, 5.74) is -0.0909. The summed E-state index contributed by atoms with van der Waals surface area (Å²) in [6.07, 6.45) is 7.10. The van der Waals surface area contributed by atoms with E-state index in [1.54, 1.807) is 0 Å². The van der Waals surface area contributed by atoms with Gasteiger partial charge in [0.25, 0.3) is 0 Å². The van der Waals surface area contributed by atoms with Gasteiger partial charge in [0.15, 0.2) is 0 Å². The fraction of sp³-hybridized carbons (Fsp3) is 1.00. The summed E-state index contributed by atoms with van der Waals surface area (Å²) in [6, 6.07) is 0. The molecule has 0 heterocycles. The summed E-state index contributed by atoms with van der Waals surface area (Å²) in [7, 11) is -3.05. The van der Waals surface area contributed by atoms with E-state index in [4.69, 9.17) is 0 Å². The quantitative estimate of drug-likeness (QED) is 0.619. The number of sulfonamides is 1. The second kappa shape index (κ2) is 3.59. The SMILES string of the molecule is CS(=O)(=O)NC12CC[C@H]1CCCC2I. The fourth-order valence-electron chi connectivity index (χ4n) is 2.82. The van der Waals surface area contributed by atoms with Crippen LogP contribution >= 0.6 is 22.6 Å². The van der Waals surface area contributed by atoms with Crippen molar-refractivity contribution in [2.24, 2.45) is 5.92 Å². The Kier molecular flexibility index (Phi) is 2.85. The van der Waals surface area contributed by atoms with E-state index in [1.165, 1.54) is 25.5 Å². The zero-order valence-electron chi connectivity index (χ0n) is 8.29. The summed E-state index contributed by atoms with van der Waals surface area (Å²) in [6.45, 7) is 0. The minimum Gasteiger partial charge on any atom is -0.213 e. The largest absolute Gasteiger partial charge is 0.213 e. The molecule has 2 saturated carbocycles. The Morgan fingerprint density at radius 1 is 1.36 bits per heavy atom. The minimum absolute atomic E-state index is 0.0909. The molecule has 2 fully saturated rings. The summed E-state index contributed by atoms with van der Waals surface area (Å²) in [5.74, 6) is 0.591. The van der Waals surface area contributed by atoms with Gasteiger partial charge in [0.05, 0.1) is 6.26 Å². The van der Waals surface area contributed by atoms with Crippen LogP contribution in [0.3, 0.4) is 0 Å². The highest BCUT2D eigenvalue weighted by molar-refractivity contribution is 14.1. The van der Waals surface area contributed by atoms with Crippen LogP contribution in [0, 0.1) is 5.92 Å². The molecule has 2 rings (SSSR count). The summed E-state index contributed by atoms with van der Waals surface area (Å²) < 4.78 is 26.0. The topological polar surface area (TPSA) is 46.2 Å². The highest BCUT2D eigenvalue weighted by Gasteiger charge is 2.54. The van der Waals surface area contributed by atoms with Gasteiger partial charge in [-0.05, 0) is 31.6 Å². The van der Waals surface area contributed by atoms with Gasteiger partial charge in [-0.25, -0.2) is 13.1 Å². The van der Waals surface area contributed by atoms with Crippen LogP contribution in [0.5, 0.6) is 0 Å². The molecule has 2 aliphatic carbocycles. The van der Waals surface area contributed by atoms with Crippen molar-refractivity contribution in [2.75, 3.05) is 6.26 Å². The van der Waals surface area contributed by atoms with Crippen molar-refractivity contribution in [1.82, 2.24) is 4.72 Å². The normalized spacial score (nSPS) is 42.7. The zero-order valence-corrected chi connectivity index (χ0v) is 11.3. The lowest BCUT2D eigenvalue weighted by molar-refractivity contribution is 0.0707. The summed E-state index contributed by atoms with van der Waals surface area (Å²) in [5, 5.41) is 0. The summed E-state index contributed by atoms with van der Waals surface area (Å²) >= 11 is 2.42. The van der Waals surface area contributed by atoms with Crippen molar-refractivity contribution < 1.29 is 8.42 Å². The molecular weight excluding hydrogens is 313 g/mol. The lowest BCUT2D eigenvalue weighted by Gasteiger charge is -2.55. The highest BCUT2D eigenvalue weighted by atomic mass is 127. The third kappa shape index (κ3) is 1.82. The fourth-order valence-corrected chi connectivity index (χ4v) is 5.55. The molecule has 2 aliphatic rings. The predicted octanol–water partition coefficient (Wildman–Crippen LogP) is 1.67. The number of rotatable bonds is 2. The molecule has 2 unspecified atom stereocenters. The average molecular weight is 329 g/mol. The Morgan fingerprint density at radius 2 is 2.07 bits per heavy atom. The predicted molar refractivity (Wildman–Crippen MR) is 65.1 cm³/mol. The van der Waals surface area contributed by atoms with E-state index in [2.05, 4.69) is 27.3 Å². The van der Waals surface area contributed by atoms with Gasteiger partial charge >= 0.3 is 0 Å². The number of hydrogen-bond donors (Lipinski definition) is 1. The maximum Gasteiger partial charge on any atom is 0.209 e. The molecule has 0 radical (unpaired) electrons. The van der Waals surface area contributed by atoms with Gasteiger partial charge in [0.2, 0.25) is 10.0 Å². The maximum absolute atomic E-state index is 11.3. The Balaban J connectivity index is 2.19. The van der Waals surface area contributed by atoms with Gasteiger partial charge in [0, 0.05) is 9.46 Å². The standard InChI is InChI=1S/C9H16INO2S/c1-14(12,13)11-9-6-5-7(9)3-2-4-8(9)10/h7-8,11H,2-6H2,1H3/t7-,8?,9?/m1/s1. The smallest absolute Gasteiger partial charge is 0.209 e. The molecule has 3 nitrogen and oxygen atoms in total. The molecule has 5 heteroatoms. The van der Waals surface area contributed by atoms with Crippen molar-refractivity contribution in [3.05, 3.63) is 0 Å². The number of alkyl halides is 1. The number of fused-ring (bicyclic) bond motifs is 1. The van der Waals surface area contributed by atoms with Crippen LogP contribution in [-0.4, -0.2) is 24.1 Å². The molecule has 82 valence electrons. The van der Waals surface area contributed by atoms with Gasteiger partial charge in [-0.15, -0.1) is 0 Å². The zero-order chi connectivity index (χ0) is 10.4. The van der Waals surface area contributed by atoms with E-state index in [-0.39, 0.29) is 5.54 Å². The van der Waals surface area contributed by atoms with Gasteiger partial charge in [-0.1, -0.05) is 29.0 Å². The van der Waals surface area contributed by atoms with Crippen molar-refractivity contribution in [2.45, 2.75) is 41.6 Å². The van der Waals surface area contributed by atoms with Crippen LogP contribution in [0.2, 0.25) is 0 Å². The molecule has 0 bridgehead atoms. The minimum atomic E-state index is -3.05. The van der Waals surface area contributed by atoms with Crippen molar-refractivity contribution in [3.63, 3.8) is 0 Å². The molecule has 0 saturated heterocycles. The Hall–Kier alpha value is 0.640. The van der Waals surface area contributed by atoms with Crippen LogP contribution in [0.4, 0.5) is 0 Å². The third-order valence-electron chi connectivity index (χ3n) is 3.58. The summed E-state index contributed by atoms with van der Waals surface area (Å²) in [4.78, 5) is 0. The van der Waals surface area contributed by atoms with E-state index in [0.29, 0.717) is 9.84 Å². The van der Waals surface area contributed by atoms with Crippen LogP contribution in [0.1, 0.15) is 32.1 Å². The van der Waals surface area contributed by atoms with E-state index >= 15 is 0 Å². The van der Waals surface area contributed by atoms with E-state index in [9.17, 15) is 8.42 Å². The van der Waals surface area contributed by atoms with Gasteiger partial charge < -0.3 is 0 Å². The number of halogens is 1. The van der Waals surface area contributed by atoms with Crippen molar-refractivity contribution >= 4 is 32.6 Å². The van der Waals surface area contributed by atoms with E-state index < -0.39 is 10.0 Å². The second-order valence-corrected chi connectivity index (χ2v) is 7.80. The molecule has 0 amide bonds. The first-order chi connectivity index (χ1) is 6.44. The van der Waals surface area contributed by atoms with Crippen molar-refractivity contribution in [3.8, 4) is 0 Å². The van der Waals surface area contributed by atoms with Crippen molar-refractivity contribution in [1.29, 1.82) is 0 Å². The monoisotopic (exact) mass is 329 g/mol. The molecule has 3 atom stereocenters. The Morgan fingerprint density at radius 3 is 2.50 bits per heavy atom. The van der Waals surface area contributed by atoms with Gasteiger partial charge in [-0.3, -0.25) is 0 Å². The van der Waals surface area contributed by atoms with Crippen LogP contribution in [0.25, 0.3) is 0 Å². The average Bonchev–Trinajstić information content (AvgIpc) is 2.01. The Bertz CT molecular complexity index is 322. The molecule has 1 N–H and O–H groups in total. The van der Waals surface area contributed by atoms with Gasteiger partial charge in [-0.2, -0.15) is 0 Å². The lowest BCUT2D eigenvalue weighted by atomic mass is 9.60. The molecule has 0 aromatic heterocycles. The number of hydrogen-bond acceptors (Lipinski definition) is 2. The maximum atomic E-state index is 11.3. The molecule has 0 spiro atoms. The first kappa shape index (κ1) is 11.1. The van der Waals surface area contributed by atoms with E-state index in [0.717, 1.165) is 12.8 Å². The van der Waals surface area contributed by atoms with Gasteiger partial charge in [0.1, 0.15) is 0 Å². The molecule has 14 heavy (non-hydrogen) atoms. The molecular formula is C9H16INO2S.